The smallest absolute Gasteiger partial charge is 0.228 e. The summed E-state index contributed by atoms with van der Waals surface area (Å²) in [5.74, 6) is 0.279. The van der Waals surface area contributed by atoms with E-state index in [1.165, 1.54) is 0 Å². The molecule has 0 bridgehead atoms. The molecule has 3 aromatic rings. The maximum absolute atomic E-state index is 12.6. The third kappa shape index (κ3) is 2.24. The summed E-state index contributed by atoms with van der Waals surface area (Å²) in [4.78, 5) is 12.6. The minimum absolute atomic E-state index is 0.0924. The number of para-hydroxylation sites is 1. The number of fused-ring (bicyclic) bond motifs is 1. The van der Waals surface area contributed by atoms with E-state index in [4.69, 9.17) is 10.2 Å². The van der Waals surface area contributed by atoms with Crippen LogP contribution in [-0.4, -0.2) is 12.3 Å². The summed E-state index contributed by atoms with van der Waals surface area (Å²) < 4.78 is 5.64. The van der Waals surface area contributed by atoms with E-state index in [0.717, 1.165) is 16.5 Å². The van der Waals surface area contributed by atoms with Crippen molar-refractivity contribution in [2.24, 2.45) is 5.73 Å². The maximum Gasteiger partial charge on any atom is 0.228 e. The molecule has 0 fully saturated rings. The highest BCUT2D eigenvalue weighted by atomic mass is 16.3. The third-order valence-corrected chi connectivity index (χ3v) is 3.32. The van der Waals surface area contributed by atoms with Gasteiger partial charge in [0.05, 0.1) is 0 Å². The molecule has 0 spiro atoms. The first kappa shape index (κ1) is 12.6. The number of ketones is 1. The number of carbonyl (C=O) groups is 1. The average molecular weight is 265 g/mol. The van der Waals surface area contributed by atoms with Crippen molar-refractivity contribution in [3.05, 3.63) is 71.5 Å². The predicted octanol–water partition coefficient (Wildman–Crippen LogP) is 3.17. The topological polar surface area (TPSA) is 56.2 Å². The number of rotatable bonds is 4. The second-order valence-corrected chi connectivity index (χ2v) is 4.67. The Morgan fingerprint density at radius 1 is 1.05 bits per heavy atom. The van der Waals surface area contributed by atoms with Gasteiger partial charge in [-0.25, -0.2) is 0 Å². The maximum atomic E-state index is 12.6. The number of hydrogen-bond donors (Lipinski definition) is 1. The molecule has 0 aliphatic carbocycles. The van der Waals surface area contributed by atoms with Gasteiger partial charge in [-0.1, -0.05) is 42.5 Å². The van der Waals surface area contributed by atoms with Gasteiger partial charge in [0, 0.05) is 10.9 Å². The summed E-state index contributed by atoms with van der Waals surface area (Å²) in [5.41, 5.74) is 7.95. The van der Waals surface area contributed by atoms with E-state index in [-0.39, 0.29) is 5.78 Å². The first-order valence-corrected chi connectivity index (χ1v) is 6.61. The molecule has 1 aromatic heterocycles. The normalized spacial score (nSPS) is 10.8. The van der Waals surface area contributed by atoms with Gasteiger partial charge < -0.3 is 10.2 Å². The summed E-state index contributed by atoms with van der Waals surface area (Å²) in [6, 6.07) is 16.9. The molecule has 0 aliphatic heterocycles. The molecule has 20 heavy (non-hydrogen) atoms. The SMILES string of the molecule is NCCc1ccccc1C(=O)c1cc2ccccc2o1. The zero-order chi connectivity index (χ0) is 13.9. The lowest BCUT2D eigenvalue weighted by Crippen LogP contribution is -2.09. The number of nitrogens with two attached hydrogens (primary N) is 1. The van der Waals surface area contributed by atoms with Crippen molar-refractivity contribution in [1.29, 1.82) is 0 Å². The summed E-state index contributed by atoms with van der Waals surface area (Å²) in [6.45, 7) is 0.518. The first-order valence-electron chi connectivity index (χ1n) is 6.61. The Morgan fingerprint density at radius 2 is 1.80 bits per heavy atom. The molecule has 1 heterocycles. The Hall–Kier alpha value is -2.39. The van der Waals surface area contributed by atoms with Crippen LogP contribution in [-0.2, 0) is 6.42 Å². The van der Waals surface area contributed by atoms with E-state index in [2.05, 4.69) is 0 Å². The Morgan fingerprint density at radius 3 is 2.60 bits per heavy atom. The highest BCUT2D eigenvalue weighted by molar-refractivity contribution is 6.09. The number of hydrogen-bond acceptors (Lipinski definition) is 3. The lowest BCUT2D eigenvalue weighted by atomic mass is 10.00. The Balaban J connectivity index is 2.04. The second kappa shape index (κ2) is 5.31. The van der Waals surface area contributed by atoms with Gasteiger partial charge in [0.2, 0.25) is 5.78 Å². The van der Waals surface area contributed by atoms with Crippen molar-refractivity contribution < 1.29 is 9.21 Å². The highest BCUT2D eigenvalue weighted by Gasteiger charge is 2.17. The van der Waals surface area contributed by atoms with Gasteiger partial charge in [-0.2, -0.15) is 0 Å². The lowest BCUT2D eigenvalue weighted by molar-refractivity contribution is 0.101. The van der Waals surface area contributed by atoms with Crippen LogP contribution in [0.5, 0.6) is 0 Å². The number of furan rings is 1. The van der Waals surface area contributed by atoms with Gasteiger partial charge in [0.15, 0.2) is 5.76 Å². The van der Waals surface area contributed by atoms with Gasteiger partial charge in [0.1, 0.15) is 5.58 Å². The van der Waals surface area contributed by atoms with Crippen LogP contribution in [0.1, 0.15) is 21.7 Å². The second-order valence-electron chi connectivity index (χ2n) is 4.67. The quantitative estimate of drug-likeness (QED) is 0.737. The Bertz CT molecular complexity index is 725. The van der Waals surface area contributed by atoms with E-state index >= 15 is 0 Å². The van der Waals surface area contributed by atoms with Crippen LogP contribution in [0.3, 0.4) is 0 Å². The molecule has 0 amide bonds. The van der Waals surface area contributed by atoms with Crippen molar-refractivity contribution in [1.82, 2.24) is 0 Å². The monoisotopic (exact) mass is 265 g/mol. The van der Waals surface area contributed by atoms with Gasteiger partial charge in [-0.3, -0.25) is 4.79 Å². The van der Waals surface area contributed by atoms with Crippen molar-refractivity contribution in [2.45, 2.75) is 6.42 Å². The molecule has 0 radical (unpaired) electrons. The predicted molar refractivity (Wildman–Crippen MR) is 78.8 cm³/mol. The zero-order valence-electron chi connectivity index (χ0n) is 11.0. The molecular weight excluding hydrogens is 250 g/mol. The van der Waals surface area contributed by atoms with Gasteiger partial charge in [0.25, 0.3) is 0 Å². The van der Waals surface area contributed by atoms with E-state index in [1.807, 2.05) is 48.5 Å². The average Bonchev–Trinajstić information content (AvgIpc) is 2.91. The molecule has 3 rings (SSSR count). The molecule has 2 N–H and O–H groups in total. The fourth-order valence-electron chi connectivity index (χ4n) is 2.34. The van der Waals surface area contributed by atoms with E-state index in [0.29, 0.717) is 24.3 Å². The van der Waals surface area contributed by atoms with Crippen LogP contribution >= 0.6 is 0 Å². The van der Waals surface area contributed by atoms with E-state index < -0.39 is 0 Å². The van der Waals surface area contributed by atoms with Crippen LogP contribution in [0.25, 0.3) is 11.0 Å². The standard InChI is InChI=1S/C17H15NO2/c18-10-9-12-5-1-3-7-14(12)17(19)16-11-13-6-2-4-8-15(13)20-16/h1-8,11H,9-10,18H2. The molecule has 0 saturated heterocycles. The number of carbonyl (C=O) groups excluding carboxylic acids is 1. The minimum Gasteiger partial charge on any atom is -0.453 e. The lowest BCUT2D eigenvalue weighted by Gasteiger charge is -2.05. The molecule has 0 saturated carbocycles. The summed E-state index contributed by atoms with van der Waals surface area (Å²) >= 11 is 0. The first-order chi connectivity index (χ1) is 9.79. The summed E-state index contributed by atoms with van der Waals surface area (Å²) in [6.07, 6.45) is 0.683. The van der Waals surface area contributed by atoms with Crippen LogP contribution in [0.4, 0.5) is 0 Å². The molecular formula is C17H15NO2. The molecule has 0 unspecified atom stereocenters. The molecule has 3 nitrogen and oxygen atoms in total. The van der Waals surface area contributed by atoms with Gasteiger partial charge >= 0.3 is 0 Å². The molecule has 2 aromatic carbocycles. The molecule has 100 valence electrons. The Kier molecular flexibility index (Phi) is 3.35. The highest BCUT2D eigenvalue weighted by Crippen LogP contribution is 2.22. The summed E-state index contributed by atoms with van der Waals surface area (Å²) in [5, 5.41) is 0.937. The zero-order valence-corrected chi connectivity index (χ0v) is 11.0. The van der Waals surface area contributed by atoms with Crippen molar-refractivity contribution in [3.8, 4) is 0 Å². The largest absolute Gasteiger partial charge is 0.453 e. The van der Waals surface area contributed by atoms with Crippen molar-refractivity contribution in [3.63, 3.8) is 0 Å². The molecule has 3 heteroatoms. The van der Waals surface area contributed by atoms with Crippen LogP contribution < -0.4 is 5.73 Å². The Labute approximate surface area is 117 Å². The molecule has 0 atom stereocenters. The van der Waals surface area contributed by atoms with E-state index in [1.54, 1.807) is 6.07 Å². The van der Waals surface area contributed by atoms with Crippen molar-refractivity contribution >= 4 is 16.8 Å². The van der Waals surface area contributed by atoms with Gasteiger partial charge in [-0.05, 0) is 30.7 Å². The molecule has 0 aliphatic rings. The third-order valence-electron chi connectivity index (χ3n) is 3.32. The van der Waals surface area contributed by atoms with Crippen LogP contribution in [0.15, 0.2) is 59.0 Å². The van der Waals surface area contributed by atoms with Crippen LogP contribution in [0, 0.1) is 0 Å². The van der Waals surface area contributed by atoms with Gasteiger partial charge in [-0.15, -0.1) is 0 Å². The van der Waals surface area contributed by atoms with Crippen molar-refractivity contribution in [2.75, 3.05) is 6.54 Å². The fourth-order valence-corrected chi connectivity index (χ4v) is 2.34. The fraction of sp³-hybridized carbons (Fsp3) is 0.118. The summed E-state index contributed by atoms with van der Waals surface area (Å²) in [7, 11) is 0. The van der Waals surface area contributed by atoms with Crippen LogP contribution in [0.2, 0.25) is 0 Å². The van der Waals surface area contributed by atoms with E-state index in [9.17, 15) is 4.79 Å². The minimum atomic E-state index is -0.0924. The number of benzene rings is 2.